The van der Waals surface area contributed by atoms with Crippen LogP contribution in [0.15, 0.2) is 18.2 Å². The zero-order valence-corrected chi connectivity index (χ0v) is 13.0. The smallest absolute Gasteiger partial charge is 0.403 e. The molecule has 0 amide bonds. The summed E-state index contributed by atoms with van der Waals surface area (Å²) in [6, 6.07) is 2.06. The van der Waals surface area contributed by atoms with Gasteiger partial charge >= 0.3 is 6.36 Å². The molecule has 0 aromatic heterocycles. The highest BCUT2D eigenvalue weighted by atomic mass is 35.5. The highest BCUT2D eigenvalue weighted by Crippen LogP contribution is 2.28. The zero-order chi connectivity index (χ0) is 16.2. The Hall–Kier alpha value is -1.05. The summed E-state index contributed by atoms with van der Waals surface area (Å²) < 4.78 is 53.2. The predicted molar refractivity (Wildman–Crippen MR) is 77.3 cm³/mol. The molecule has 8 heteroatoms. The average molecular weight is 346 g/mol. The van der Waals surface area contributed by atoms with E-state index < -0.39 is 30.1 Å². The van der Waals surface area contributed by atoms with Crippen molar-refractivity contribution in [2.75, 3.05) is 0 Å². The first-order chi connectivity index (χ1) is 9.60. The van der Waals surface area contributed by atoms with Crippen LogP contribution in [0.1, 0.15) is 38.3 Å². The minimum atomic E-state index is -4.96. The van der Waals surface area contributed by atoms with Crippen LogP contribution in [0.4, 0.5) is 17.6 Å². The number of rotatable bonds is 6. The minimum absolute atomic E-state index is 0. The van der Waals surface area contributed by atoms with Crippen LogP contribution in [0.25, 0.3) is 0 Å². The minimum Gasteiger partial charge on any atom is -0.403 e. The van der Waals surface area contributed by atoms with Gasteiger partial charge in [0.25, 0.3) is 0 Å². The molecule has 3 nitrogen and oxygen atoms in total. The topological polar surface area (TPSA) is 55.5 Å². The quantitative estimate of drug-likeness (QED) is 0.768. The highest BCUT2D eigenvalue weighted by Gasteiger charge is 2.32. The fourth-order valence-electron chi connectivity index (χ4n) is 1.84. The van der Waals surface area contributed by atoms with Gasteiger partial charge < -0.3 is 15.6 Å². The molecule has 0 saturated carbocycles. The van der Waals surface area contributed by atoms with Crippen molar-refractivity contribution in [1.29, 1.82) is 0 Å². The van der Waals surface area contributed by atoms with Gasteiger partial charge in [0.2, 0.25) is 0 Å². The fraction of sp³-hybridized carbons (Fsp3) is 0.571. The number of hydrogen-bond acceptors (Lipinski definition) is 3. The summed E-state index contributed by atoms with van der Waals surface area (Å²) in [5.74, 6) is -1.71. The summed E-state index contributed by atoms with van der Waals surface area (Å²) in [7, 11) is 0. The van der Waals surface area contributed by atoms with E-state index in [1.54, 1.807) is 0 Å². The van der Waals surface area contributed by atoms with Crippen molar-refractivity contribution in [1.82, 2.24) is 0 Å². The first-order valence-electron chi connectivity index (χ1n) is 6.59. The van der Waals surface area contributed by atoms with Gasteiger partial charge in [-0.25, -0.2) is 4.39 Å². The monoisotopic (exact) mass is 345 g/mol. The van der Waals surface area contributed by atoms with Gasteiger partial charge in [0.1, 0.15) is 0 Å². The highest BCUT2D eigenvalue weighted by molar-refractivity contribution is 5.85. The molecule has 0 heterocycles. The number of ether oxygens (including phenoxy) is 1. The third kappa shape index (κ3) is 6.81. The number of aliphatic hydroxyl groups is 1. The molecule has 0 fully saturated rings. The Morgan fingerprint density at radius 1 is 1.23 bits per heavy atom. The molecular weight excluding hydrogens is 326 g/mol. The first kappa shape index (κ1) is 20.9. The van der Waals surface area contributed by atoms with Gasteiger partial charge in [-0.1, -0.05) is 19.9 Å². The standard InChI is InChI=1S/C14H19F4NO2.ClH/c1-8(2)3-5-11(20)13(19)9-4-6-12(10(15)7-9)21-14(16,17)18;/h4,6-8,11,13,20H,3,5,19H2,1-2H3;1H/t11-,13+;/m0./s1. The Labute approximate surface area is 132 Å². The second-order valence-electron chi connectivity index (χ2n) is 5.30. The molecule has 0 bridgehead atoms. The maximum absolute atomic E-state index is 13.6. The molecule has 0 spiro atoms. The number of alkyl halides is 3. The predicted octanol–water partition coefficient (Wildman–Crippen LogP) is 3.94. The van der Waals surface area contributed by atoms with E-state index in [1.165, 1.54) is 6.07 Å². The van der Waals surface area contributed by atoms with Crippen molar-refractivity contribution in [2.45, 2.75) is 45.2 Å². The van der Waals surface area contributed by atoms with Crippen LogP contribution in [-0.4, -0.2) is 17.6 Å². The van der Waals surface area contributed by atoms with Gasteiger partial charge in [0.15, 0.2) is 11.6 Å². The van der Waals surface area contributed by atoms with Crippen LogP contribution >= 0.6 is 12.4 Å². The van der Waals surface area contributed by atoms with Gasteiger partial charge in [0.05, 0.1) is 12.1 Å². The molecule has 1 aromatic carbocycles. The molecule has 0 aliphatic heterocycles. The van der Waals surface area contributed by atoms with E-state index in [-0.39, 0.29) is 18.0 Å². The molecule has 0 aliphatic carbocycles. The van der Waals surface area contributed by atoms with Crippen molar-refractivity contribution < 1.29 is 27.4 Å². The number of nitrogens with two attached hydrogens (primary N) is 1. The summed E-state index contributed by atoms with van der Waals surface area (Å²) >= 11 is 0. The Bertz CT molecular complexity index is 469. The SMILES string of the molecule is CC(C)CC[C@H](O)[C@H](N)c1ccc(OC(F)(F)F)c(F)c1.Cl. The number of halogens is 5. The average Bonchev–Trinajstić information content (AvgIpc) is 2.36. The van der Waals surface area contributed by atoms with Crippen LogP contribution in [0, 0.1) is 11.7 Å². The zero-order valence-electron chi connectivity index (χ0n) is 12.2. The number of hydrogen-bond donors (Lipinski definition) is 2. The second-order valence-corrected chi connectivity index (χ2v) is 5.30. The third-order valence-corrected chi connectivity index (χ3v) is 3.02. The molecule has 2 atom stereocenters. The van der Waals surface area contributed by atoms with Gasteiger partial charge in [0, 0.05) is 0 Å². The summed E-state index contributed by atoms with van der Waals surface area (Å²) in [4.78, 5) is 0. The van der Waals surface area contributed by atoms with Crippen LogP contribution in [0.3, 0.4) is 0 Å². The normalized spacial score (nSPS) is 14.4. The number of benzene rings is 1. The van der Waals surface area contributed by atoms with Crippen molar-refractivity contribution in [3.63, 3.8) is 0 Å². The van der Waals surface area contributed by atoms with E-state index in [4.69, 9.17) is 5.73 Å². The van der Waals surface area contributed by atoms with E-state index >= 15 is 0 Å². The van der Waals surface area contributed by atoms with Crippen molar-refractivity contribution in [3.8, 4) is 5.75 Å². The molecule has 0 saturated heterocycles. The lowest BCUT2D eigenvalue weighted by molar-refractivity contribution is -0.275. The van der Waals surface area contributed by atoms with Crippen LogP contribution < -0.4 is 10.5 Å². The Balaban J connectivity index is 0.00000441. The molecule has 22 heavy (non-hydrogen) atoms. The van der Waals surface area contributed by atoms with Gasteiger partial charge in [-0.2, -0.15) is 0 Å². The Morgan fingerprint density at radius 3 is 2.27 bits per heavy atom. The summed E-state index contributed by atoms with van der Waals surface area (Å²) in [5.41, 5.74) is 6.01. The van der Waals surface area contributed by atoms with Crippen molar-refractivity contribution in [2.24, 2.45) is 11.7 Å². The first-order valence-corrected chi connectivity index (χ1v) is 6.59. The van der Waals surface area contributed by atoms with E-state index in [0.29, 0.717) is 12.3 Å². The second kappa shape index (κ2) is 8.55. The lowest BCUT2D eigenvalue weighted by Gasteiger charge is -2.20. The molecule has 128 valence electrons. The lowest BCUT2D eigenvalue weighted by atomic mass is 9.96. The summed E-state index contributed by atoms with van der Waals surface area (Å²) in [6.45, 7) is 3.97. The molecule has 0 unspecified atom stereocenters. The van der Waals surface area contributed by atoms with Gasteiger partial charge in [-0.3, -0.25) is 0 Å². The van der Waals surface area contributed by atoms with E-state index in [9.17, 15) is 22.7 Å². The van der Waals surface area contributed by atoms with E-state index in [2.05, 4.69) is 4.74 Å². The lowest BCUT2D eigenvalue weighted by Crippen LogP contribution is -2.26. The fourth-order valence-corrected chi connectivity index (χ4v) is 1.84. The molecule has 0 aliphatic rings. The van der Waals surface area contributed by atoms with Crippen molar-refractivity contribution >= 4 is 12.4 Å². The van der Waals surface area contributed by atoms with Crippen LogP contribution in [0.5, 0.6) is 5.75 Å². The summed E-state index contributed by atoms with van der Waals surface area (Å²) in [6.07, 6.45) is -4.67. The molecule has 1 aromatic rings. The maximum atomic E-state index is 13.6. The largest absolute Gasteiger partial charge is 0.573 e. The summed E-state index contributed by atoms with van der Waals surface area (Å²) in [5, 5.41) is 9.91. The number of aliphatic hydroxyl groups excluding tert-OH is 1. The molecular formula is C14H20ClF4NO2. The Morgan fingerprint density at radius 2 is 1.82 bits per heavy atom. The third-order valence-electron chi connectivity index (χ3n) is 3.02. The van der Waals surface area contributed by atoms with Crippen LogP contribution in [-0.2, 0) is 0 Å². The van der Waals surface area contributed by atoms with E-state index in [0.717, 1.165) is 18.6 Å². The van der Waals surface area contributed by atoms with Gasteiger partial charge in [-0.15, -0.1) is 25.6 Å². The Kier molecular flexibility index (Phi) is 8.14. The molecule has 1 rings (SSSR count). The molecule has 3 N–H and O–H groups in total. The maximum Gasteiger partial charge on any atom is 0.573 e. The van der Waals surface area contributed by atoms with Crippen molar-refractivity contribution in [3.05, 3.63) is 29.6 Å². The van der Waals surface area contributed by atoms with Gasteiger partial charge in [-0.05, 0) is 36.5 Å². The van der Waals surface area contributed by atoms with Crippen LogP contribution in [0.2, 0.25) is 0 Å². The molecule has 0 radical (unpaired) electrons. The van der Waals surface area contributed by atoms with E-state index in [1.807, 2.05) is 13.8 Å².